The Labute approximate surface area is 129 Å². The molecule has 120 valence electrons. The fourth-order valence-corrected chi connectivity index (χ4v) is 5.27. The van der Waals surface area contributed by atoms with Crippen LogP contribution >= 0.6 is 0 Å². The topological polar surface area (TPSA) is 38.3 Å². The fraction of sp³-hybridized carbons (Fsp3) is 0.944. The van der Waals surface area contributed by atoms with E-state index in [2.05, 4.69) is 33.0 Å². The summed E-state index contributed by atoms with van der Waals surface area (Å²) in [4.78, 5) is 12.9. The zero-order valence-corrected chi connectivity index (χ0v) is 14.1. The van der Waals surface area contributed by atoms with Gasteiger partial charge in [0.05, 0.1) is 5.41 Å². The average Bonchev–Trinajstić information content (AvgIpc) is 3.03. The minimum atomic E-state index is -0.253. The molecular weight excluding hydrogens is 262 g/mol. The zero-order valence-electron chi connectivity index (χ0n) is 14.1. The van der Waals surface area contributed by atoms with Crippen LogP contribution in [0.3, 0.4) is 0 Å². The Bertz CT molecular complexity index is 425. The summed E-state index contributed by atoms with van der Waals surface area (Å²) in [6.45, 7) is 11.0. The predicted octanol–water partition coefficient (Wildman–Crippen LogP) is 3.52. The van der Waals surface area contributed by atoms with Crippen LogP contribution in [0.25, 0.3) is 0 Å². The lowest BCUT2D eigenvalue weighted by atomic mass is 9.70. The quantitative estimate of drug-likeness (QED) is 0.806. The summed E-state index contributed by atoms with van der Waals surface area (Å²) >= 11 is 0. The third kappa shape index (κ3) is 2.07. The minimum Gasteiger partial charge on any atom is -0.461 e. The van der Waals surface area contributed by atoms with Crippen LogP contribution in [0.2, 0.25) is 0 Å². The number of nitrogens with one attached hydrogen (secondary N) is 1. The van der Waals surface area contributed by atoms with Gasteiger partial charge in [0, 0.05) is 12.0 Å². The first-order chi connectivity index (χ1) is 9.86. The maximum absolute atomic E-state index is 12.9. The molecule has 0 radical (unpaired) electrons. The van der Waals surface area contributed by atoms with Gasteiger partial charge in [-0.15, -0.1) is 0 Å². The Kier molecular flexibility index (Phi) is 3.63. The molecule has 0 aromatic heterocycles. The highest BCUT2D eigenvalue weighted by Crippen LogP contribution is 2.66. The summed E-state index contributed by atoms with van der Waals surface area (Å²) in [5.74, 6) is 0.799. The van der Waals surface area contributed by atoms with Crippen LogP contribution in [0.1, 0.15) is 66.2 Å². The van der Waals surface area contributed by atoms with Crippen molar-refractivity contribution in [3.63, 3.8) is 0 Å². The van der Waals surface area contributed by atoms with Gasteiger partial charge >= 0.3 is 5.97 Å². The van der Waals surface area contributed by atoms with Gasteiger partial charge in [0.2, 0.25) is 0 Å². The summed E-state index contributed by atoms with van der Waals surface area (Å²) in [5, 5.41) is 3.36. The molecule has 1 aliphatic heterocycles. The number of carbonyl (C=O) groups is 1. The van der Waals surface area contributed by atoms with Gasteiger partial charge in [0.1, 0.15) is 6.10 Å². The van der Waals surface area contributed by atoms with Crippen LogP contribution in [0, 0.1) is 22.2 Å². The van der Waals surface area contributed by atoms with Crippen molar-refractivity contribution >= 4 is 5.97 Å². The van der Waals surface area contributed by atoms with Crippen LogP contribution in [0.15, 0.2) is 0 Å². The molecule has 4 atom stereocenters. The summed E-state index contributed by atoms with van der Waals surface area (Å²) in [7, 11) is 0. The number of carbonyl (C=O) groups excluding carboxylic acids is 1. The number of hydrogen-bond acceptors (Lipinski definition) is 3. The second-order valence-corrected chi connectivity index (χ2v) is 8.46. The Hall–Kier alpha value is -0.570. The van der Waals surface area contributed by atoms with E-state index in [9.17, 15) is 4.79 Å². The van der Waals surface area contributed by atoms with Crippen molar-refractivity contribution in [3.8, 4) is 0 Å². The SMILES string of the molecule is CCCC1(C(=O)OC2CC3CCC2(C)C3(C)C)CCNC1. The van der Waals surface area contributed by atoms with E-state index in [0.717, 1.165) is 44.7 Å². The van der Waals surface area contributed by atoms with E-state index >= 15 is 0 Å². The largest absolute Gasteiger partial charge is 0.461 e. The van der Waals surface area contributed by atoms with Crippen LogP contribution in [0.4, 0.5) is 0 Å². The van der Waals surface area contributed by atoms with E-state index in [-0.39, 0.29) is 22.9 Å². The van der Waals surface area contributed by atoms with Crippen LogP contribution < -0.4 is 5.32 Å². The van der Waals surface area contributed by atoms with Crippen molar-refractivity contribution in [2.45, 2.75) is 72.3 Å². The molecule has 1 N–H and O–H groups in total. The number of rotatable bonds is 4. The van der Waals surface area contributed by atoms with Gasteiger partial charge in [-0.1, -0.05) is 34.1 Å². The summed E-state index contributed by atoms with van der Waals surface area (Å²) in [6, 6.07) is 0. The van der Waals surface area contributed by atoms with Gasteiger partial charge < -0.3 is 10.1 Å². The molecule has 1 saturated heterocycles. The van der Waals surface area contributed by atoms with Crippen molar-refractivity contribution in [2.24, 2.45) is 22.2 Å². The molecule has 3 nitrogen and oxygen atoms in total. The maximum atomic E-state index is 12.9. The number of hydrogen-bond donors (Lipinski definition) is 1. The molecule has 0 aromatic rings. The van der Waals surface area contributed by atoms with E-state index in [0.29, 0.717) is 5.41 Å². The summed E-state index contributed by atoms with van der Waals surface area (Å²) in [6.07, 6.45) is 6.66. The van der Waals surface area contributed by atoms with E-state index in [1.54, 1.807) is 0 Å². The monoisotopic (exact) mass is 293 g/mol. The lowest BCUT2D eigenvalue weighted by Crippen LogP contribution is -2.43. The van der Waals surface area contributed by atoms with Gasteiger partial charge in [-0.3, -0.25) is 4.79 Å². The lowest BCUT2D eigenvalue weighted by molar-refractivity contribution is -0.168. The van der Waals surface area contributed by atoms with Crippen LogP contribution in [0.5, 0.6) is 0 Å². The van der Waals surface area contributed by atoms with Gasteiger partial charge in [-0.2, -0.15) is 0 Å². The predicted molar refractivity (Wildman–Crippen MR) is 83.9 cm³/mol. The second kappa shape index (κ2) is 4.97. The van der Waals surface area contributed by atoms with Gasteiger partial charge in [0.25, 0.3) is 0 Å². The highest BCUT2D eigenvalue weighted by Gasteiger charge is 2.63. The lowest BCUT2D eigenvalue weighted by Gasteiger charge is -2.39. The molecular formula is C18H31NO2. The molecule has 2 aliphatic carbocycles. The van der Waals surface area contributed by atoms with Crippen molar-refractivity contribution in [1.82, 2.24) is 5.32 Å². The van der Waals surface area contributed by atoms with Crippen molar-refractivity contribution in [2.75, 3.05) is 13.1 Å². The number of fused-ring (bicyclic) bond motifs is 2. The summed E-state index contributed by atoms with van der Waals surface area (Å²) < 4.78 is 6.14. The van der Waals surface area contributed by atoms with E-state index < -0.39 is 0 Å². The van der Waals surface area contributed by atoms with Gasteiger partial charge in [-0.25, -0.2) is 0 Å². The third-order valence-electron chi connectivity index (χ3n) is 7.37. The molecule has 4 unspecified atom stereocenters. The maximum Gasteiger partial charge on any atom is 0.313 e. The fourth-order valence-electron chi connectivity index (χ4n) is 5.27. The van der Waals surface area contributed by atoms with Crippen molar-refractivity contribution < 1.29 is 9.53 Å². The first-order valence-corrected chi connectivity index (χ1v) is 8.77. The van der Waals surface area contributed by atoms with Crippen LogP contribution in [-0.4, -0.2) is 25.2 Å². The molecule has 0 aromatic carbocycles. The van der Waals surface area contributed by atoms with E-state index in [4.69, 9.17) is 4.74 Å². The molecule has 2 bridgehead atoms. The highest BCUT2D eigenvalue weighted by molar-refractivity contribution is 5.78. The van der Waals surface area contributed by atoms with E-state index in [1.807, 2.05) is 0 Å². The van der Waals surface area contributed by atoms with Crippen LogP contribution in [-0.2, 0) is 9.53 Å². The molecule has 0 amide bonds. The molecule has 3 heteroatoms. The van der Waals surface area contributed by atoms with Gasteiger partial charge in [-0.05, 0) is 50.0 Å². The standard InChI is InChI=1S/C18H31NO2/c1-5-7-18(9-10-19-12-18)15(20)21-14-11-13-6-8-17(14,4)16(13,2)3/h13-14,19H,5-12H2,1-4H3. The molecule has 1 heterocycles. The highest BCUT2D eigenvalue weighted by atomic mass is 16.5. The van der Waals surface area contributed by atoms with Crippen molar-refractivity contribution in [3.05, 3.63) is 0 Å². The smallest absolute Gasteiger partial charge is 0.313 e. The number of ether oxygens (including phenoxy) is 1. The molecule has 3 fully saturated rings. The Morgan fingerprint density at radius 1 is 1.29 bits per heavy atom. The second-order valence-electron chi connectivity index (χ2n) is 8.46. The Morgan fingerprint density at radius 3 is 2.52 bits per heavy atom. The van der Waals surface area contributed by atoms with Gasteiger partial charge in [0.15, 0.2) is 0 Å². The number of esters is 1. The van der Waals surface area contributed by atoms with Crippen molar-refractivity contribution in [1.29, 1.82) is 0 Å². The average molecular weight is 293 g/mol. The third-order valence-corrected chi connectivity index (χ3v) is 7.37. The first-order valence-electron chi connectivity index (χ1n) is 8.77. The minimum absolute atomic E-state index is 0.0731. The normalized spacial score (nSPS) is 44.2. The Morgan fingerprint density at radius 2 is 2.05 bits per heavy atom. The Balaban J connectivity index is 1.74. The molecule has 3 aliphatic rings. The molecule has 0 spiro atoms. The molecule has 2 saturated carbocycles. The summed E-state index contributed by atoms with van der Waals surface area (Å²) in [5.41, 5.74) is 0.230. The molecule has 3 rings (SSSR count). The first kappa shape index (κ1) is 15.3. The molecule has 21 heavy (non-hydrogen) atoms. The zero-order chi connectivity index (χ0) is 15.3. The van der Waals surface area contributed by atoms with E-state index in [1.165, 1.54) is 12.8 Å².